The van der Waals surface area contributed by atoms with E-state index in [0.29, 0.717) is 10.4 Å². The summed E-state index contributed by atoms with van der Waals surface area (Å²) in [7, 11) is 1.11. The molecule has 1 aliphatic carbocycles. The molecular formula is C18H19ClF3N3O. The summed E-state index contributed by atoms with van der Waals surface area (Å²) in [6, 6.07) is 5.49. The van der Waals surface area contributed by atoms with Crippen LogP contribution in [-0.2, 0) is 18.6 Å². The van der Waals surface area contributed by atoms with Crippen molar-refractivity contribution in [2.75, 3.05) is 5.32 Å². The van der Waals surface area contributed by atoms with Gasteiger partial charge in [0, 0.05) is 12.7 Å². The number of nitrogens with one attached hydrogen (secondary N) is 1. The summed E-state index contributed by atoms with van der Waals surface area (Å²) >= 11 is 5.82. The van der Waals surface area contributed by atoms with E-state index in [-0.39, 0.29) is 11.3 Å². The van der Waals surface area contributed by atoms with Gasteiger partial charge in [0.15, 0.2) is 10.8 Å². The van der Waals surface area contributed by atoms with Gasteiger partial charge in [0.05, 0.1) is 0 Å². The highest BCUT2D eigenvalue weighted by molar-refractivity contribution is 6.33. The first kappa shape index (κ1) is 18.8. The molecule has 0 saturated heterocycles. The van der Waals surface area contributed by atoms with Crippen LogP contribution in [0.2, 0.25) is 5.15 Å². The quantitative estimate of drug-likeness (QED) is 0.779. The Morgan fingerprint density at radius 2 is 2.04 bits per heavy atom. The third-order valence-corrected chi connectivity index (χ3v) is 5.16. The molecule has 2 aromatic rings. The van der Waals surface area contributed by atoms with Crippen molar-refractivity contribution in [3.8, 4) is 0 Å². The molecular weight excluding hydrogens is 367 g/mol. The standard InChI is InChI=1S/C18H19ClF3N3O/c1-9-8-17(2,3)10-6-5-7-11(12(9)10)23-16(26)13-14(18(20,21)22)25(4)24-15(13)19/h5-7,9H,8H2,1-4H3,(H,23,26). The summed E-state index contributed by atoms with van der Waals surface area (Å²) in [4.78, 5) is 12.6. The number of hydrogen-bond donors (Lipinski definition) is 1. The van der Waals surface area contributed by atoms with E-state index in [4.69, 9.17) is 11.6 Å². The molecule has 0 spiro atoms. The Labute approximate surface area is 154 Å². The van der Waals surface area contributed by atoms with Gasteiger partial charge in [-0.1, -0.05) is 44.5 Å². The Bertz CT molecular complexity index is 887. The van der Waals surface area contributed by atoms with Crippen molar-refractivity contribution in [2.24, 2.45) is 7.05 Å². The maximum Gasteiger partial charge on any atom is 0.433 e. The number of benzene rings is 1. The summed E-state index contributed by atoms with van der Waals surface area (Å²) in [5.74, 6) is -0.733. The molecule has 1 unspecified atom stereocenters. The van der Waals surface area contributed by atoms with Gasteiger partial charge in [-0.05, 0) is 34.9 Å². The van der Waals surface area contributed by atoms with Gasteiger partial charge >= 0.3 is 6.18 Å². The van der Waals surface area contributed by atoms with Gasteiger partial charge in [0.25, 0.3) is 5.91 Å². The molecule has 1 aromatic heterocycles. The smallest absolute Gasteiger partial charge is 0.322 e. The van der Waals surface area contributed by atoms with Gasteiger partial charge < -0.3 is 5.32 Å². The molecule has 0 radical (unpaired) electrons. The van der Waals surface area contributed by atoms with Gasteiger partial charge in [-0.2, -0.15) is 18.3 Å². The molecule has 1 atom stereocenters. The molecule has 1 amide bonds. The van der Waals surface area contributed by atoms with Crippen LogP contribution < -0.4 is 5.32 Å². The molecule has 0 fully saturated rings. The highest BCUT2D eigenvalue weighted by atomic mass is 35.5. The molecule has 1 aromatic carbocycles. The second-order valence-corrected chi connectivity index (χ2v) is 7.70. The zero-order valence-electron chi connectivity index (χ0n) is 14.8. The molecule has 3 rings (SSSR count). The number of carbonyl (C=O) groups is 1. The second-order valence-electron chi connectivity index (χ2n) is 7.35. The summed E-state index contributed by atoms with van der Waals surface area (Å²) in [6.07, 6.45) is -3.84. The SMILES string of the molecule is CC1CC(C)(C)c2cccc(NC(=O)c3c(Cl)nn(C)c3C(F)(F)F)c21. The van der Waals surface area contributed by atoms with Gasteiger partial charge in [-0.15, -0.1) is 0 Å². The third-order valence-electron chi connectivity index (χ3n) is 4.89. The molecule has 0 saturated carbocycles. The fraction of sp³-hybridized carbons (Fsp3) is 0.444. The highest BCUT2D eigenvalue weighted by Crippen LogP contribution is 2.48. The van der Waals surface area contributed by atoms with Crippen LogP contribution >= 0.6 is 11.6 Å². The lowest BCUT2D eigenvalue weighted by atomic mass is 9.86. The van der Waals surface area contributed by atoms with Crippen molar-refractivity contribution in [1.82, 2.24) is 9.78 Å². The first-order valence-corrected chi connectivity index (χ1v) is 8.55. The lowest BCUT2D eigenvalue weighted by Gasteiger charge is -2.19. The molecule has 8 heteroatoms. The Hall–Kier alpha value is -2.02. The lowest BCUT2D eigenvalue weighted by molar-refractivity contribution is -0.144. The largest absolute Gasteiger partial charge is 0.433 e. The van der Waals surface area contributed by atoms with E-state index in [1.165, 1.54) is 0 Å². The molecule has 1 aliphatic rings. The van der Waals surface area contributed by atoms with Crippen molar-refractivity contribution in [2.45, 2.75) is 44.7 Å². The Kier molecular flexibility index (Phi) is 4.34. The average Bonchev–Trinajstić information content (AvgIpc) is 2.92. The van der Waals surface area contributed by atoms with Gasteiger partial charge in [0.2, 0.25) is 0 Å². The zero-order chi connectivity index (χ0) is 19.4. The maximum atomic E-state index is 13.3. The Morgan fingerprint density at radius 1 is 1.38 bits per heavy atom. The van der Waals surface area contributed by atoms with Gasteiger partial charge in [-0.25, -0.2) is 0 Å². The number of halogens is 4. The van der Waals surface area contributed by atoms with Crippen LogP contribution in [0.3, 0.4) is 0 Å². The van der Waals surface area contributed by atoms with Crippen LogP contribution in [0.5, 0.6) is 0 Å². The van der Waals surface area contributed by atoms with E-state index >= 15 is 0 Å². The number of rotatable bonds is 2. The topological polar surface area (TPSA) is 46.9 Å². The number of aryl methyl sites for hydroxylation is 1. The summed E-state index contributed by atoms with van der Waals surface area (Å²) in [5.41, 5.74) is 0.678. The van der Waals surface area contributed by atoms with E-state index < -0.39 is 28.5 Å². The number of carbonyl (C=O) groups excluding carboxylic acids is 1. The van der Waals surface area contributed by atoms with Crippen LogP contribution in [-0.4, -0.2) is 15.7 Å². The van der Waals surface area contributed by atoms with Crippen LogP contribution in [0.15, 0.2) is 18.2 Å². The van der Waals surface area contributed by atoms with Crippen molar-refractivity contribution >= 4 is 23.2 Å². The average molecular weight is 386 g/mol. The molecule has 1 N–H and O–H groups in total. The minimum Gasteiger partial charge on any atom is -0.322 e. The second kappa shape index (κ2) is 6.01. The highest BCUT2D eigenvalue weighted by Gasteiger charge is 2.42. The van der Waals surface area contributed by atoms with Crippen LogP contribution in [0.4, 0.5) is 18.9 Å². The minimum atomic E-state index is -4.74. The van der Waals surface area contributed by atoms with Crippen molar-refractivity contribution in [1.29, 1.82) is 0 Å². The number of nitrogens with zero attached hydrogens (tertiary/aromatic N) is 2. The predicted octanol–water partition coefficient (Wildman–Crippen LogP) is 5.13. The van der Waals surface area contributed by atoms with Gasteiger partial charge in [-0.3, -0.25) is 9.48 Å². The number of anilines is 1. The van der Waals surface area contributed by atoms with Crippen molar-refractivity contribution < 1.29 is 18.0 Å². The number of alkyl halides is 3. The summed E-state index contributed by atoms with van der Waals surface area (Å²) in [6.45, 7) is 6.27. The fourth-order valence-corrected chi connectivity index (χ4v) is 4.26. The number of amides is 1. The Morgan fingerprint density at radius 3 is 2.65 bits per heavy atom. The molecule has 0 bridgehead atoms. The van der Waals surface area contributed by atoms with Crippen LogP contribution in [0, 0.1) is 0 Å². The first-order valence-electron chi connectivity index (χ1n) is 8.18. The van der Waals surface area contributed by atoms with Crippen molar-refractivity contribution in [3.05, 3.63) is 45.7 Å². The molecule has 4 nitrogen and oxygen atoms in total. The summed E-state index contributed by atoms with van der Waals surface area (Å²) in [5, 5.41) is 5.69. The van der Waals surface area contributed by atoms with Crippen LogP contribution in [0.25, 0.3) is 0 Å². The summed E-state index contributed by atoms with van der Waals surface area (Å²) < 4.78 is 40.5. The van der Waals surface area contributed by atoms with E-state index in [0.717, 1.165) is 24.6 Å². The van der Waals surface area contributed by atoms with Crippen LogP contribution in [0.1, 0.15) is 60.3 Å². The number of hydrogen-bond acceptors (Lipinski definition) is 2. The monoisotopic (exact) mass is 385 g/mol. The van der Waals surface area contributed by atoms with E-state index in [1.807, 2.05) is 13.0 Å². The molecule has 26 heavy (non-hydrogen) atoms. The number of aromatic nitrogens is 2. The normalized spacial score (nSPS) is 18.7. The van der Waals surface area contributed by atoms with Gasteiger partial charge in [0.1, 0.15) is 5.56 Å². The fourth-order valence-electron chi connectivity index (χ4n) is 3.98. The van der Waals surface area contributed by atoms with E-state index in [9.17, 15) is 18.0 Å². The zero-order valence-corrected chi connectivity index (χ0v) is 15.6. The van der Waals surface area contributed by atoms with E-state index in [1.54, 1.807) is 12.1 Å². The first-order chi connectivity index (χ1) is 11.9. The minimum absolute atomic E-state index is 0.0570. The predicted molar refractivity (Wildman–Crippen MR) is 93.7 cm³/mol. The lowest BCUT2D eigenvalue weighted by Crippen LogP contribution is -2.21. The Balaban J connectivity index is 2.03. The molecule has 1 heterocycles. The maximum absolute atomic E-state index is 13.3. The molecule has 140 valence electrons. The molecule has 0 aliphatic heterocycles. The van der Waals surface area contributed by atoms with Crippen molar-refractivity contribution in [3.63, 3.8) is 0 Å². The van der Waals surface area contributed by atoms with E-state index in [2.05, 4.69) is 24.3 Å². The number of fused-ring (bicyclic) bond motifs is 1. The third kappa shape index (κ3) is 2.98.